The number of carbonyl (C=O) groups is 1. The summed E-state index contributed by atoms with van der Waals surface area (Å²) in [7, 11) is 6.27. The smallest absolute Gasteiger partial charge is 0.323 e. The number of ether oxygens (including phenoxy) is 4. The normalized spacial score (nSPS) is 10.5. The number of hydrogen-bond acceptors (Lipinski definition) is 5. The summed E-state index contributed by atoms with van der Waals surface area (Å²) in [6.45, 7) is 0. The lowest BCUT2D eigenvalue weighted by atomic mass is 10.1. The van der Waals surface area contributed by atoms with Crippen LogP contribution < -0.4 is 29.6 Å². The van der Waals surface area contributed by atoms with Crippen LogP contribution in [0.4, 0.5) is 16.2 Å². The highest BCUT2D eigenvalue weighted by Crippen LogP contribution is 2.38. The van der Waals surface area contributed by atoms with E-state index in [9.17, 15) is 4.79 Å². The third-order valence-electron chi connectivity index (χ3n) is 4.66. The summed E-state index contributed by atoms with van der Waals surface area (Å²) >= 11 is 0. The summed E-state index contributed by atoms with van der Waals surface area (Å²) < 4.78 is 21.6. The number of methoxy groups -OCH3 is 4. The SMILES string of the molecule is COc1ccc(/C=C\c2cc(OC)c(OC)c(OC)c2)cc1NC(=O)Nc1ccccc1. The number of hydrogen-bond donors (Lipinski definition) is 2. The molecule has 166 valence electrons. The van der Waals surface area contributed by atoms with Crippen molar-refractivity contribution in [1.29, 1.82) is 0 Å². The van der Waals surface area contributed by atoms with Crippen molar-refractivity contribution in [3.8, 4) is 23.0 Å². The zero-order valence-corrected chi connectivity index (χ0v) is 18.5. The molecule has 0 radical (unpaired) electrons. The molecule has 0 aliphatic carbocycles. The number of carbonyl (C=O) groups excluding carboxylic acids is 1. The van der Waals surface area contributed by atoms with Gasteiger partial charge in [-0.25, -0.2) is 4.79 Å². The maximum atomic E-state index is 12.4. The van der Waals surface area contributed by atoms with E-state index >= 15 is 0 Å². The van der Waals surface area contributed by atoms with Gasteiger partial charge < -0.3 is 29.6 Å². The lowest BCUT2D eigenvalue weighted by Crippen LogP contribution is -2.19. The Balaban J connectivity index is 1.82. The molecule has 7 heteroatoms. The maximum Gasteiger partial charge on any atom is 0.323 e. The van der Waals surface area contributed by atoms with Crippen LogP contribution in [0.1, 0.15) is 11.1 Å². The molecule has 2 N–H and O–H groups in total. The number of urea groups is 1. The molecule has 3 aromatic carbocycles. The average Bonchev–Trinajstić information content (AvgIpc) is 2.82. The van der Waals surface area contributed by atoms with Gasteiger partial charge in [-0.05, 0) is 47.5 Å². The van der Waals surface area contributed by atoms with Gasteiger partial charge in [0.25, 0.3) is 0 Å². The second kappa shape index (κ2) is 10.8. The van der Waals surface area contributed by atoms with Crippen LogP contribution in [0.2, 0.25) is 0 Å². The zero-order valence-electron chi connectivity index (χ0n) is 18.5. The molecule has 0 saturated carbocycles. The topological polar surface area (TPSA) is 78.1 Å². The Morgan fingerprint density at radius 3 is 1.91 bits per heavy atom. The fourth-order valence-electron chi connectivity index (χ4n) is 3.12. The Labute approximate surface area is 187 Å². The average molecular weight is 434 g/mol. The van der Waals surface area contributed by atoms with E-state index in [4.69, 9.17) is 18.9 Å². The summed E-state index contributed by atoms with van der Waals surface area (Å²) in [4.78, 5) is 12.4. The molecule has 0 saturated heterocycles. The molecule has 0 aliphatic heterocycles. The summed E-state index contributed by atoms with van der Waals surface area (Å²) in [5.41, 5.74) is 2.98. The Kier molecular flexibility index (Phi) is 7.59. The van der Waals surface area contributed by atoms with E-state index in [0.29, 0.717) is 34.4 Å². The Hall–Kier alpha value is -4.13. The molecule has 3 rings (SSSR count). The lowest BCUT2D eigenvalue weighted by molar-refractivity contribution is 0.262. The van der Waals surface area contributed by atoms with Gasteiger partial charge in [-0.2, -0.15) is 0 Å². The van der Waals surface area contributed by atoms with E-state index in [0.717, 1.165) is 11.1 Å². The largest absolute Gasteiger partial charge is 0.495 e. The minimum Gasteiger partial charge on any atom is -0.495 e. The zero-order chi connectivity index (χ0) is 22.9. The van der Waals surface area contributed by atoms with Gasteiger partial charge in [0.2, 0.25) is 5.75 Å². The van der Waals surface area contributed by atoms with Crippen molar-refractivity contribution in [1.82, 2.24) is 0 Å². The summed E-state index contributed by atoms with van der Waals surface area (Å²) in [6, 6.07) is 18.1. The van der Waals surface area contributed by atoms with Crippen LogP contribution in [0, 0.1) is 0 Å². The standard InChI is InChI=1S/C25H26N2O5/c1-29-21-13-12-17(14-20(21)27-25(28)26-19-8-6-5-7-9-19)10-11-18-15-22(30-2)24(32-4)23(16-18)31-3/h5-16H,1-4H3,(H2,26,27,28)/b11-10-. The quantitative estimate of drug-likeness (QED) is 0.456. The van der Waals surface area contributed by atoms with Crippen LogP contribution in [0.5, 0.6) is 23.0 Å². The molecule has 0 atom stereocenters. The fourth-order valence-corrected chi connectivity index (χ4v) is 3.12. The second-order valence-corrected chi connectivity index (χ2v) is 6.70. The van der Waals surface area contributed by atoms with Crippen molar-refractivity contribution in [2.24, 2.45) is 0 Å². The number of amides is 2. The number of rotatable bonds is 8. The van der Waals surface area contributed by atoms with Crippen molar-refractivity contribution in [2.45, 2.75) is 0 Å². The van der Waals surface area contributed by atoms with Crippen LogP contribution in [0.15, 0.2) is 60.7 Å². The van der Waals surface area contributed by atoms with Crippen LogP contribution in [-0.2, 0) is 0 Å². The Morgan fingerprint density at radius 1 is 0.688 bits per heavy atom. The van der Waals surface area contributed by atoms with Gasteiger partial charge in [-0.1, -0.05) is 36.4 Å². The highest BCUT2D eigenvalue weighted by Gasteiger charge is 2.12. The lowest BCUT2D eigenvalue weighted by Gasteiger charge is -2.13. The fraction of sp³-hybridized carbons (Fsp3) is 0.160. The summed E-state index contributed by atoms with van der Waals surface area (Å²) in [6.07, 6.45) is 3.83. The van der Waals surface area contributed by atoms with Crippen molar-refractivity contribution < 1.29 is 23.7 Å². The monoisotopic (exact) mass is 434 g/mol. The van der Waals surface area contributed by atoms with E-state index in [1.807, 2.05) is 66.7 Å². The van der Waals surface area contributed by atoms with E-state index in [2.05, 4.69) is 10.6 Å². The first-order chi connectivity index (χ1) is 15.6. The molecule has 0 aromatic heterocycles. The molecule has 0 bridgehead atoms. The second-order valence-electron chi connectivity index (χ2n) is 6.70. The Bertz CT molecular complexity index is 1070. The molecule has 7 nitrogen and oxygen atoms in total. The van der Waals surface area contributed by atoms with Gasteiger partial charge in [0.15, 0.2) is 11.5 Å². The van der Waals surface area contributed by atoms with Crippen molar-refractivity contribution in [3.63, 3.8) is 0 Å². The van der Waals surface area contributed by atoms with Gasteiger partial charge in [0.1, 0.15) is 5.75 Å². The van der Waals surface area contributed by atoms with Crippen molar-refractivity contribution in [3.05, 3.63) is 71.8 Å². The van der Waals surface area contributed by atoms with E-state index < -0.39 is 0 Å². The molecule has 0 fully saturated rings. The molecule has 0 spiro atoms. The van der Waals surface area contributed by atoms with E-state index in [1.165, 1.54) is 0 Å². The summed E-state index contributed by atoms with van der Waals surface area (Å²) in [5, 5.41) is 5.63. The molecular formula is C25H26N2O5. The molecule has 2 amide bonds. The van der Waals surface area contributed by atoms with Gasteiger partial charge in [0.05, 0.1) is 34.1 Å². The molecule has 0 aliphatic rings. The minimum atomic E-state index is -0.361. The van der Waals surface area contributed by atoms with Crippen LogP contribution in [0.3, 0.4) is 0 Å². The van der Waals surface area contributed by atoms with Gasteiger partial charge in [-0.3, -0.25) is 0 Å². The first-order valence-corrected chi connectivity index (χ1v) is 9.87. The first-order valence-electron chi connectivity index (χ1n) is 9.87. The molecule has 0 heterocycles. The third kappa shape index (κ3) is 5.51. The maximum absolute atomic E-state index is 12.4. The number of anilines is 2. The Morgan fingerprint density at radius 2 is 1.31 bits per heavy atom. The number of benzene rings is 3. The minimum absolute atomic E-state index is 0.361. The third-order valence-corrected chi connectivity index (χ3v) is 4.66. The molecule has 0 unspecified atom stereocenters. The molecule has 3 aromatic rings. The molecular weight excluding hydrogens is 408 g/mol. The summed E-state index contributed by atoms with van der Waals surface area (Å²) in [5.74, 6) is 2.23. The van der Waals surface area contributed by atoms with Crippen LogP contribution in [0.25, 0.3) is 12.2 Å². The van der Waals surface area contributed by atoms with Gasteiger partial charge in [0, 0.05) is 5.69 Å². The highest BCUT2D eigenvalue weighted by molar-refractivity contribution is 6.01. The van der Waals surface area contributed by atoms with Crippen molar-refractivity contribution >= 4 is 29.6 Å². The van der Waals surface area contributed by atoms with Gasteiger partial charge >= 0.3 is 6.03 Å². The predicted molar refractivity (Wildman–Crippen MR) is 127 cm³/mol. The van der Waals surface area contributed by atoms with Crippen molar-refractivity contribution in [2.75, 3.05) is 39.1 Å². The van der Waals surface area contributed by atoms with Gasteiger partial charge in [-0.15, -0.1) is 0 Å². The van der Waals surface area contributed by atoms with Crippen LogP contribution in [-0.4, -0.2) is 34.5 Å². The predicted octanol–water partition coefficient (Wildman–Crippen LogP) is 5.54. The highest BCUT2D eigenvalue weighted by atomic mass is 16.5. The number of para-hydroxylation sites is 1. The molecule has 32 heavy (non-hydrogen) atoms. The first kappa shape index (κ1) is 22.6. The van der Waals surface area contributed by atoms with E-state index in [-0.39, 0.29) is 6.03 Å². The van der Waals surface area contributed by atoms with E-state index in [1.54, 1.807) is 34.5 Å². The number of nitrogens with one attached hydrogen (secondary N) is 2. The van der Waals surface area contributed by atoms with Crippen LogP contribution >= 0.6 is 0 Å².